The van der Waals surface area contributed by atoms with Crippen LogP contribution in [0.4, 0.5) is 0 Å². The molecule has 1 rings (SSSR count). The van der Waals surface area contributed by atoms with Crippen LogP contribution in [0.15, 0.2) is 0 Å². The van der Waals surface area contributed by atoms with E-state index in [9.17, 15) is 4.79 Å². The van der Waals surface area contributed by atoms with Crippen LogP contribution >= 0.6 is 0 Å². The Balaban J connectivity index is 2.47. The molecule has 1 aliphatic rings. The van der Waals surface area contributed by atoms with Gasteiger partial charge in [-0.15, -0.1) is 0 Å². The Labute approximate surface area is 105 Å². The van der Waals surface area contributed by atoms with Gasteiger partial charge in [0, 0.05) is 20.3 Å². The topological polar surface area (TPSA) is 41.6 Å². The van der Waals surface area contributed by atoms with E-state index in [0.29, 0.717) is 5.92 Å². The Bertz CT molecular complexity index is 244. The number of unbranched alkanes of at least 4 members (excludes halogenated alkanes) is 1. The number of carbonyl (C=O) groups excluding carboxylic acids is 1. The van der Waals surface area contributed by atoms with E-state index in [1.54, 1.807) is 7.11 Å². The first-order chi connectivity index (χ1) is 8.11. The Kier molecular flexibility index (Phi) is 5.92. The molecule has 1 saturated heterocycles. The highest BCUT2D eigenvalue weighted by molar-refractivity contribution is 5.84. The van der Waals surface area contributed by atoms with Crippen molar-refractivity contribution in [1.29, 1.82) is 0 Å². The number of carbonyl (C=O) groups is 1. The minimum Gasteiger partial charge on any atom is -0.385 e. The summed E-state index contributed by atoms with van der Waals surface area (Å²) >= 11 is 0. The highest BCUT2D eigenvalue weighted by Crippen LogP contribution is 2.19. The second-order valence-electron chi connectivity index (χ2n) is 5.04. The lowest BCUT2D eigenvalue weighted by atomic mass is 10.1. The number of hydrogen-bond donors (Lipinski definition) is 1. The molecular weight excluding hydrogens is 216 g/mol. The minimum atomic E-state index is 0.00220. The van der Waals surface area contributed by atoms with Gasteiger partial charge in [-0.2, -0.15) is 0 Å². The van der Waals surface area contributed by atoms with Gasteiger partial charge in [0.1, 0.15) is 0 Å². The summed E-state index contributed by atoms with van der Waals surface area (Å²) < 4.78 is 5.03. The molecule has 1 aliphatic heterocycles. The van der Waals surface area contributed by atoms with Gasteiger partial charge in [-0.1, -0.05) is 20.8 Å². The number of rotatable bonds is 7. The van der Waals surface area contributed by atoms with Crippen molar-refractivity contribution in [2.24, 2.45) is 5.92 Å². The number of ether oxygens (including phenoxy) is 1. The fourth-order valence-corrected chi connectivity index (χ4v) is 2.31. The predicted molar refractivity (Wildman–Crippen MR) is 68.7 cm³/mol. The number of hydrogen-bond acceptors (Lipinski definition) is 3. The summed E-state index contributed by atoms with van der Waals surface area (Å²) in [6.07, 6.45) is 3.22. The maximum atomic E-state index is 12.2. The fraction of sp³-hybridized carbons (Fsp3) is 0.923. The molecule has 1 fully saturated rings. The molecule has 1 N–H and O–H groups in total. The first kappa shape index (κ1) is 14.5. The van der Waals surface area contributed by atoms with Crippen LogP contribution in [0.25, 0.3) is 0 Å². The predicted octanol–water partition coefficient (Wildman–Crippen LogP) is 1.61. The molecule has 0 aromatic heterocycles. The molecule has 0 spiro atoms. The van der Waals surface area contributed by atoms with Crippen molar-refractivity contribution < 1.29 is 9.53 Å². The van der Waals surface area contributed by atoms with E-state index < -0.39 is 0 Å². The standard InChI is InChI=1S/C13H26N2O2/c1-5-11-14-12(10(2)3)13(16)15(11)8-6-7-9-17-4/h10-12,14H,5-9H2,1-4H3. The molecule has 1 amide bonds. The van der Waals surface area contributed by atoms with Crippen molar-refractivity contribution in [2.45, 2.75) is 52.2 Å². The van der Waals surface area contributed by atoms with Crippen molar-refractivity contribution in [3.8, 4) is 0 Å². The number of amides is 1. The van der Waals surface area contributed by atoms with E-state index in [1.165, 1.54) is 0 Å². The van der Waals surface area contributed by atoms with Gasteiger partial charge in [-0.05, 0) is 25.2 Å². The summed E-state index contributed by atoms with van der Waals surface area (Å²) in [6, 6.07) is 0.00220. The van der Waals surface area contributed by atoms with Crippen molar-refractivity contribution in [2.75, 3.05) is 20.3 Å². The van der Waals surface area contributed by atoms with E-state index in [2.05, 4.69) is 26.1 Å². The van der Waals surface area contributed by atoms with Crippen molar-refractivity contribution in [1.82, 2.24) is 10.2 Å². The third kappa shape index (κ3) is 3.68. The SMILES string of the molecule is CCC1NC(C(C)C)C(=O)N1CCCCOC. The van der Waals surface area contributed by atoms with Gasteiger partial charge in [0.2, 0.25) is 5.91 Å². The maximum Gasteiger partial charge on any atom is 0.241 e. The Morgan fingerprint density at radius 1 is 1.41 bits per heavy atom. The van der Waals surface area contributed by atoms with Crippen molar-refractivity contribution >= 4 is 5.91 Å². The fourth-order valence-electron chi connectivity index (χ4n) is 2.31. The molecule has 4 heteroatoms. The van der Waals surface area contributed by atoms with E-state index in [1.807, 2.05) is 4.90 Å². The third-order valence-electron chi connectivity index (χ3n) is 3.35. The second-order valence-corrected chi connectivity index (χ2v) is 5.04. The van der Waals surface area contributed by atoms with Gasteiger partial charge in [-0.3, -0.25) is 10.1 Å². The summed E-state index contributed by atoms with van der Waals surface area (Å²) in [5.74, 6) is 0.629. The van der Waals surface area contributed by atoms with E-state index >= 15 is 0 Å². The molecule has 0 bridgehead atoms. The summed E-state index contributed by atoms with van der Waals surface area (Å²) in [4.78, 5) is 14.2. The highest BCUT2D eigenvalue weighted by atomic mass is 16.5. The van der Waals surface area contributed by atoms with Crippen LogP contribution in [0.3, 0.4) is 0 Å². The number of nitrogens with zero attached hydrogens (tertiary/aromatic N) is 1. The molecule has 0 aromatic carbocycles. The lowest BCUT2D eigenvalue weighted by Gasteiger charge is -2.22. The average molecular weight is 242 g/mol. The first-order valence-corrected chi connectivity index (χ1v) is 6.67. The molecule has 100 valence electrons. The molecule has 2 unspecified atom stereocenters. The molecular formula is C13H26N2O2. The lowest BCUT2D eigenvalue weighted by molar-refractivity contribution is -0.130. The van der Waals surface area contributed by atoms with Gasteiger partial charge in [0.05, 0.1) is 12.2 Å². The molecule has 0 aromatic rings. The second kappa shape index (κ2) is 6.97. The van der Waals surface area contributed by atoms with Crippen LogP contribution in [0.1, 0.15) is 40.0 Å². The van der Waals surface area contributed by atoms with Crippen LogP contribution in [0.5, 0.6) is 0 Å². The van der Waals surface area contributed by atoms with Gasteiger partial charge in [0.15, 0.2) is 0 Å². The summed E-state index contributed by atoms with van der Waals surface area (Å²) in [5, 5.41) is 3.43. The molecule has 17 heavy (non-hydrogen) atoms. The molecule has 0 saturated carbocycles. The zero-order valence-corrected chi connectivity index (χ0v) is 11.5. The molecule has 0 aliphatic carbocycles. The maximum absolute atomic E-state index is 12.2. The van der Waals surface area contributed by atoms with Crippen molar-refractivity contribution in [3.63, 3.8) is 0 Å². The lowest BCUT2D eigenvalue weighted by Crippen LogP contribution is -2.37. The van der Waals surface area contributed by atoms with E-state index in [0.717, 1.165) is 32.4 Å². The van der Waals surface area contributed by atoms with Gasteiger partial charge in [0.25, 0.3) is 0 Å². The summed E-state index contributed by atoms with van der Waals surface area (Å²) in [7, 11) is 1.71. The van der Waals surface area contributed by atoms with Crippen LogP contribution in [-0.2, 0) is 9.53 Å². The monoisotopic (exact) mass is 242 g/mol. The molecule has 4 nitrogen and oxygen atoms in total. The first-order valence-electron chi connectivity index (χ1n) is 6.67. The summed E-state index contributed by atoms with van der Waals surface area (Å²) in [5.41, 5.74) is 0. The highest BCUT2D eigenvalue weighted by Gasteiger charge is 2.38. The van der Waals surface area contributed by atoms with E-state index in [-0.39, 0.29) is 18.1 Å². The van der Waals surface area contributed by atoms with Crippen LogP contribution in [0.2, 0.25) is 0 Å². The van der Waals surface area contributed by atoms with Gasteiger partial charge >= 0.3 is 0 Å². The normalized spacial score (nSPS) is 25.0. The van der Waals surface area contributed by atoms with Gasteiger partial charge in [-0.25, -0.2) is 0 Å². The van der Waals surface area contributed by atoms with Crippen LogP contribution in [-0.4, -0.2) is 43.3 Å². The smallest absolute Gasteiger partial charge is 0.241 e. The Morgan fingerprint density at radius 3 is 2.65 bits per heavy atom. The number of methoxy groups -OCH3 is 1. The summed E-state index contributed by atoms with van der Waals surface area (Å²) in [6.45, 7) is 7.93. The molecule has 2 atom stereocenters. The third-order valence-corrected chi connectivity index (χ3v) is 3.35. The average Bonchev–Trinajstić information content (AvgIpc) is 2.62. The van der Waals surface area contributed by atoms with Gasteiger partial charge < -0.3 is 9.64 Å². The van der Waals surface area contributed by atoms with Crippen molar-refractivity contribution in [3.05, 3.63) is 0 Å². The quantitative estimate of drug-likeness (QED) is 0.690. The Hall–Kier alpha value is -0.610. The minimum absolute atomic E-state index is 0.00220. The van der Waals surface area contributed by atoms with Crippen LogP contribution < -0.4 is 5.32 Å². The zero-order valence-electron chi connectivity index (χ0n) is 11.5. The molecule has 1 heterocycles. The number of nitrogens with one attached hydrogen (secondary N) is 1. The van der Waals surface area contributed by atoms with E-state index in [4.69, 9.17) is 4.74 Å². The Morgan fingerprint density at radius 2 is 2.12 bits per heavy atom. The molecule has 0 radical (unpaired) electrons. The largest absolute Gasteiger partial charge is 0.385 e. The van der Waals surface area contributed by atoms with Crippen LogP contribution in [0, 0.1) is 5.92 Å². The zero-order chi connectivity index (χ0) is 12.8.